The maximum absolute atomic E-state index is 6.13. The molecular weight excluding hydrogens is 284 g/mol. The minimum absolute atomic E-state index is 0.663. The third-order valence-electron chi connectivity index (χ3n) is 2.33. The first-order valence-electron chi connectivity index (χ1n) is 6.77. The molecule has 0 N–H and O–H groups in total. The lowest BCUT2D eigenvalue weighted by molar-refractivity contribution is 0.413. The molecule has 1 aromatic carbocycles. The smallest absolute Gasteiger partial charge is 0.242 e. The average Bonchev–Trinajstić information content (AvgIpc) is 2.25. The van der Waals surface area contributed by atoms with Crippen molar-refractivity contribution in [3.8, 4) is 11.5 Å². The van der Waals surface area contributed by atoms with Crippen molar-refractivity contribution < 1.29 is 13.6 Å². The summed E-state index contributed by atoms with van der Waals surface area (Å²) >= 11 is 0. The van der Waals surface area contributed by atoms with Crippen LogP contribution in [0.15, 0.2) is 24.8 Å². The summed E-state index contributed by atoms with van der Waals surface area (Å²) in [6.45, 7) is 16.9. The van der Waals surface area contributed by atoms with Crippen LogP contribution in [-0.4, -0.2) is 23.7 Å². The van der Waals surface area contributed by atoms with Crippen molar-refractivity contribution >= 4 is 22.4 Å². The summed E-state index contributed by atoms with van der Waals surface area (Å²) in [4.78, 5) is 0. The van der Waals surface area contributed by atoms with Crippen LogP contribution in [0.2, 0.25) is 39.3 Å². The molecule has 5 heteroatoms. The summed E-state index contributed by atoms with van der Waals surface area (Å²) in [5.41, 5.74) is 0.884. The van der Waals surface area contributed by atoms with Gasteiger partial charge in [-0.05, 0) is 57.5 Å². The molecule has 0 saturated carbocycles. The summed E-state index contributed by atoms with van der Waals surface area (Å²) in [7, 11) is -1.73. The molecule has 0 amide bonds. The van der Waals surface area contributed by atoms with Crippen LogP contribution >= 0.6 is 0 Å². The van der Waals surface area contributed by atoms with E-state index >= 15 is 0 Å². The molecule has 0 spiro atoms. The van der Waals surface area contributed by atoms with Gasteiger partial charge in [-0.25, -0.2) is 0 Å². The lowest BCUT2D eigenvalue weighted by atomic mass is 10.1. The van der Waals surface area contributed by atoms with E-state index in [0.29, 0.717) is 5.76 Å². The Morgan fingerprint density at radius 2 is 1.60 bits per heavy atom. The molecule has 0 aromatic heterocycles. The number of hydrogen-bond donors (Lipinski definition) is 0. The third kappa shape index (κ3) is 5.42. The molecule has 0 bridgehead atoms. The van der Waals surface area contributed by atoms with Crippen LogP contribution < -0.4 is 9.16 Å². The highest BCUT2D eigenvalue weighted by Crippen LogP contribution is 2.33. The van der Waals surface area contributed by atoms with Crippen molar-refractivity contribution in [1.29, 1.82) is 0 Å². The van der Waals surface area contributed by atoms with E-state index in [2.05, 4.69) is 45.9 Å². The predicted octanol–water partition coefficient (Wildman–Crippen LogP) is 4.73. The zero-order valence-electron chi connectivity index (χ0n) is 13.7. The van der Waals surface area contributed by atoms with Crippen LogP contribution in [0.4, 0.5) is 0 Å². The number of ether oxygens (including phenoxy) is 1. The minimum atomic E-state index is -1.70. The molecule has 0 fully saturated rings. The largest absolute Gasteiger partial charge is 0.544 e. The Kier molecular flexibility index (Phi) is 5.10. The van der Waals surface area contributed by atoms with E-state index in [1.54, 1.807) is 7.11 Å². The molecule has 0 atom stereocenters. The van der Waals surface area contributed by atoms with Gasteiger partial charge in [-0.2, -0.15) is 0 Å². The second-order valence-corrected chi connectivity index (χ2v) is 15.6. The Bertz CT molecular complexity index is 485. The summed E-state index contributed by atoms with van der Waals surface area (Å²) in [5, 5.41) is 0. The highest BCUT2D eigenvalue weighted by Gasteiger charge is 2.23. The lowest BCUT2D eigenvalue weighted by Gasteiger charge is -2.26. The topological polar surface area (TPSA) is 27.7 Å². The van der Waals surface area contributed by atoms with Crippen LogP contribution in [0.3, 0.4) is 0 Å². The second-order valence-electron chi connectivity index (χ2n) is 6.71. The van der Waals surface area contributed by atoms with Crippen molar-refractivity contribution in [2.75, 3.05) is 7.11 Å². The van der Waals surface area contributed by atoms with Gasteiger partial charge in [-0.1, -0.05) is 6.58 Å². The van der Waals surface area contributed by atoms with Crippen LogP contribution in [-0.2, 0) is 4.43 Å². The van der Waals surface area contributed by atoms with Gasteiger partial charge in [0.2, 0.25) is 16.6 Å². The third-order valence-corrected chi connectivity index (χ3v) is 4.02. The van der Waals surface area contributed by atoms with Gasteiger partial charge in [0.05, 0.1) is 12.7 Å². The Balaban J connectivity index is 3.16. The van der Waals surface area contributed by atoms with Crippen molar-refractivity contribution in [1.82, 2.24) is 0 Å². The molecule has 0 aliphatic rings. The first-order chi connectivity index (χ1) is 9.02. The quantitative estimate of drug-likeness (QED) is 0.561. The van der Waals surface area contributed by atoms with Gasteiger partial charge in [0, 0.05) is 0 Å². The van der Waals surface area contributed by atoms with Gasteiger partial charge in [-0.15, -0.1) is 0 Å². The Hall–Kier alpha value is -1.21. The standard InChI is InChI=1S/C15H26O3Si2/c1-12(17-19(3,4)5)14-11-13(16-2)9-10-15(14)18-20(6,7)8/h9-11H,1H2,2-8H3. The predicted molar refractivity (Wildman–Crippen MR) is 90.4 cm³/mol. The highest BCUT2D eigenvalue weighted by atomic mass is 28.4. The molecule has 3 nitrogen and oxygen atoms in total. The Labute approximate surface area is 124 Å². The lowest BCUT2D eigenvalue weighted by Crippen LogP contribution is -2.30. The summed E-state index contributed by atoms with van der Waals surface area (Å²) in [6, 6.07) is 5.77. The average molecular weight is 311 g/mol. The van der Waals surface area contributed by atoms with Crippen LogP contribution in [0.25, 0.3) is 5.76 Å². The number of hydrogen-bond acceptors (Lipinski definition) is 3. The summed E-state index contributed by atoms with van der Waals surface area (Å²) in [6.07, 6.45) is 0. The van der Waals surface area contributed by atoms with E-state index in [9.17, 15) is 0 Å². The normalized spacial score (nSPS) is 11.9. The number of benzene rings is 1. The molecule has 0 unspecified atom stereocenters. The number of rotatable bonds is 6. The van der Waals surface area contributed by atoms with Gasteiger partial charge in [0.15, 0.2) is 0 Å². The highest BCUT2D eigenvalue weighted by molar-refractivity contribution is 6.71. The van der Waals surface area contributed by atoms with Crippen molar-refractivity contribution in [2.24, 2.45) is 0 Å². The van der Waals surface area contributed by atoms with Crippen LogP contribution in [0.1, 0.15) is 5.56 Å². The SMILES string of the molecule is C=C(O[Si](C)(C)C)c1cc(OC)ccc1O[Si](C)(C)C. The Morgan fingerprint density at radius 3 is 2.05 bits per heavy atom. The van der Waals surface area contributed by atoms with E-state index in [1.165, 1.54) is 0 Å². The van der Waals surface area contributed by atoms with Crippen LogP contribution in [0, 0.1) is 0 Å². The van der Waals surface area contributed by atoms with Gasteiger partial charge in [-0.3, -0.25) is 0 Å². The first-order valence-corrected chi connectivity index (χ1v) is 13.6. The van der Waals surface area contributed by atoms with E-state index in [-0.39, 0.29) is 0 Å². The van der Waals surface area contributed by atoms with Gasteiger partial charge in [0.1, 0.15) is 17.3 Å². The molecule has 1 aromatic rings. The second kappa shape index (κ2) is 6.05. The van der Waals surface area contributed by atoms with Crippen molar-refractivity contribution in [3.05, 3.63) is 30.3 Å². The maximum Gasteiger partial charge on any atom is 0.242 e. The van der Waals surface area contributed by atoms with Gasteiger partial charge < -0.3 is 13.6 Å². The molecule has 0 radical (unpaired) electrons. The fourth-order valence-electron chi connectivity index (χ4n) is 1.70. The zero-order chi connectivity index (χ0) is 15.6. The van der Waals surface area contributed by atoms with E-state index < -0.39 is 16.6 Å². The van der Waals surface area contributed by atoms with Crippen molar-refractivity contribution in [3.63, 3.8) is 0 Å². The monoisotopic (exact) mass is 310 g/mol. The molecule has 1 rings (SSSR count). The van der Waals surface area contributed by atoms with E-state index in [4.69, 9.17) is 13.6 Å². The fraction of sp³-hybridized carbons (Fsp3) is 0.467. The molecule has 0 heterocycles. The summed E-state index contributed by atoms with van der Waals surface area (Å²) in [5.74, 6) is 2.27. The minimum Gasteiger partial charge on any atom is -0.544 e. The van der Waals surface area contributed by atoms with Gasteiger partial charge in [0.25, 0.3) is 0 Å². The molecule has 0 aliphatic carbocycles. The first kappa shape index (κ1) is 16.8. The van der Waals surface area contributed by atoms with Crippen molar-refractivity contribution in [2.45, 2.75) is 39.3 Å². The molecule has 20 heavy (non-hydrogen) atoms. The molecular formula is C15H26O3Si2. The Morgan fingerprint density at radius 1 is 1.00 bits per heavy atom. The summed E-state index contributed by atoms with van der Waals surface area (Å²) < 4.78 is 17.4. The van der Waals surface area contributed by atoms with E-state index in [1.807, 2.05) is 18.2 Å². The van der Waals surface area contributed by atoms with Gasteiger partial charge >= 0.3 is 0 Å². The molecule has 0 saturated heterocycles. The number of methoxy groups -OCH3 is 1. The van der Waals surface area contributed by atoms with Crippen LogP contribution in [0.5, 0.6) is 11.5 Å². The fourth-order valence-corrected chi connectivity index (χ4v) is 3.38. The molecule has 0 aliphatic heterocycles. The maximum atomic E-state index is 6.13. The molecule has 112 valence electrons. The zero-order valence-corrected chi connectivity index (χ0v) is 15.7. The van der Waals surface area contributed by atoms with E-state index in [0.717, 1.165) is 17.1 Å².